The fourth-order valence-corrected chi connectivity index (χ4v) is 4.75. The fraction of sp³-hybridized carbons (Fsp3) is 0.0870. The number of amides is 1. The predicted octanol–water partition coefficient (Wildman–Crippen LogP) is 5.12. The molecular weight excluding hydrogens is 396 g/mol. The number of anilines is 1. The molecule has 7 heteroatoms. The lowest BCUT2D eigenvalue weighted by Crippen LogP contribution is -2.13. The van der Waals surface area contributed by atoms with Crippen molar-refractivity contribution in [1.82, 2.24) is 14.5 Å². The summed E-state index contributed by atoms with van der Waals surface area (Å²) in [4.78, 5) is 21.3. The van der Waals surface area contributed by atoms with Gasteiger partial charge < -0.3 is 14.6 Å². The van der Waals surface area contributed by atoms with E-state index in [2.05, 4.69) is 25.9 Å². The summed E-state index contributed by atoms with van der Waals surface area (Å²) < 4.78 is 7.90. The Hall–Kier alpha value is -3.58. The van der Waals surface area contributed by atoms with Crippen molar-refractivity contribution in [1.29, 1.82) is 0 Å². The van der Waals surface area contributed by atoms with Crippen LogP contribution in [0.25, 0.3) is 0 Å². The second-order valence-corrected chi connectivity index (χ2v) is 7.85. The van der Waals surface area contributed by atoms with Gasteiger partial charge in [0.2, 0.25) is 5.88 Å². The zero-order chi connectivity index (χ0) is 20.3. The molecule has 0 radical (unpaired) electrons. The Morgan fingerprint density at radius 3 is 2.90 bits per heavy atom. The number of hydrogen-bond donors (Lipinski definition) is 1. The molecule has 5 rings (SSSR count). The molecule has 4 aromatic rings. The molecule has 3 aromatic heterocycles. The van der Waals surface area contributed by atoms with Gasteiger partial charge in [-0.05, 0) is 30.3 Å². The third kappa shape index (κ3) is 3.67. The van der Waals surface area contributed by atoms with Crippen LogP contribution in [0, 0.1) is 0 Å². The predicted molar refractivity (Wildman–Crippen MR) is 117 cm³/mol. The Kier molecular flexibility index (Phi) is 4.94. The van der Waals surface area contributed by atoms with E-state index in [1.165, 1.54) is 0 Å². The number of thioether (sulfide) groups is 1. The summed E-state index contributed by atoms with van der Waals surface area (Å²) in [5.41, 5.74) is 3.50. The van der Waals surface area contributed by atoms with E-state index in [-0.39, 0.29) is 11.3 Å². The normalized spacial score (nSPS) is 14.9. The van der Waals surface area contributed by atoms with Crippen LogP contribution in [-0.2, 0) is 5.75 Å². The molecule has 1 amide bonds. The van der Waals surface area contributed by atoms with Crippen LogP contribution >= 0.6 is 11.8 Å². The Bertz CT molecular complexity index is 1180. The van der Waals surface area contributed by atoms with E-state index in [4.69, 9.17) is 4.74 Å². The molecule has 1 unspecified atom stereocenters. The monoisotopic (exact) mass is 414 g/mol. The molecule has 30 heavy (non-hydrogen) atoms. The van der Waals surface area contributed by atoms with Gasteiger partial charge in [0, 0.05) is 59.6 Å². The molecule has 4 heterocycles. The van der Waals surface area contributed by atoms with Crippen molar-refractivity contribution in [3.63, 3.8) is 0 Å². The third-order valence-electron chi connectivity index (χ3n) is 4.82. The van der Waals surface area contributed by atoms with Crippen LogP contribution in [0.1, 0.15) is 27.0 Å². The summed E-state index contributed by atoms with van der Waals surface area (Å²) >= 11 is 1.79. The number of ether oxygens (including phenoxy) is 1. The first-order valence-electron chi connectivity index (χ1n) is 9.49. The molecule has 148 valence electrons. The lowest BCUT2D eigenvalue weighted by Gasteiger charge is -2.12. The highest BCUT2D eigenvalue weighted by molar-refractivity contribution is 7.99. The second kappa shape index (κ2) is 8.04. The van der Waals surface area contributed by atoms with E-state index in [0.717, 1.165) is 17.0 Å². The molecule has 0 fully saturated rings. The van der Waals surface area contributed by atoms with Gasteiger partial charge in [-0.15, -0.1) is 11.8 Å². The van der Waals surface area contributed by atoms with Gasteiger partial charge in [0.1, 0.15) is 11.1 Å². The van der Waals surface area contributed by atoms with Crippen molar-refractivity contribution < 1.29 is 9.53 Å². The minimum absolute atomic E-state index is 0.133. The van der Waals surface area contributed by atoms with Gasteiger partial charge in [0.25, 0.3) is 5.91 Å². The molecule has 0 saturated heterocycles. The molecule has 1 aliphatic rings. The smallest absolute Gasteiger partial charge is 0.257 e. The van der Waals surface area contributed by atoms with E-state index in [0.29, 0.717) is 22.9 Å². The first kappa shape index (κ1) is 18.4. The highest BCUT2D eigenvalue weighted by Crippen LogP contribution is 2.42. The van der Waals surface area contributed by atoms with Crippen LogP contribution in [0.3, 0.4) is 0 Å². The lowest BCUT2D eigenvalue weighted by molar-refractivity contribution is 0.102. The average Bonchev–Trinajstić information content (AvgIpc) is 3.37. The van der Waals surface area contributed by atoms with Crippen LogP contribution in [0.2, 0.25) is 0 Å². The molecule has 1 aromatic carbocycles. The molecule has 1 aliphatic heterocycles. The van der Waals surface area contributed by atoms with Crippen molar-refractivity contribution in [2.24, 2.45) is 0 Å². The zero-order valence-corrected chi connectivity index (χ0v) is 16.8. The fourth-order valence-electron chi connectivity index (χ4n) is 3.44. The number of benzene rings is 1. The summed E-state index contributed by atoms with van der Waals surface area (Å²) in [6.45, 7) is 0. The molecule has 0 bridgehead atoms. The maximum atomic E-state index is 12.9. The van der Waals surface area contributed by atoms with Crippen LogP contribution in [-0.4, -0.2) is 20.4 Å². The molecule has 1 N–H and O–H groups in total. The van der Waals surface area contributed by atoms with E-state index < -0.39 is 0 Å². The topological polar surface area (TPSA) is 69.0 Å². The van der Waals surface area contributed by atoms with Crippen molar-refractivity contribution >= 4 is 23.4 Å². The van der Waals surface area contributed by atoms with Crippen molar-refractivity contribution in [2.45, 2.75) is 11.1 Å². The third-order valence-corrected chi connectivity index (χ3v) is 6.08. The van der Waals surface area contributed by atoms with E-state index >= 15 is 0 Å². The molecule has 0 saturated carbocycles. The van der Waals surface area contributed by atoms with Crippen LogP contribution in [0.4, 0.5) is 5.69 Å². The molecular formula is C23H18N4O2S. The maximum absolute atomic E-state index is 12.9. The van der Waals surface area contributed by atoms with E-state index in [1.54, 1.807) is 36.3 Å². The van der Waals surface area contributed by atoms with Gasteiger partial charge in [0.05, 0.1) is 5.56 Å². The lowest BCUT2D eigenvalue weighted by atomic mass is 10.2. The van der Waals surface area contributed by atoms with Crippen molar-refractivity contribution in [2.75, 3.05) is 5.32 Å². The van der Waals surface area contributed by atoms with Gasteiger partial charge in [-0.25, -0.2) is 4.98 Å². The summed E-state index contributed by atoms with van der Waals surface area (Å²) in [5, 5.41) is 3.12. The Labute approximate surface area is 177 Å². The quantitative estimate of drug-likeness (QED) is 0.491. The number of carbonyl (C=O) groups excluding carboxylic acids is 1. The Morgan fingerprint density at radius 1 is 1.10 bits per heavy atom. The molecule has 0 spiro atoms. The maximum Gasteiger partial charge on any atom is 0.257 e. The first-order chi connectivity index (χ1) is 14.8. The van der Waals surface area contributed by atoms with Crippen molar-refractivity contribution in [3.05, 3.63) is 102 Å². The van der Waals surface area contributed by atoms with Crippen LogP contribution in [0.15, 0.2) is 85.5 Å². The minimum atomic E-state index is -0.133. The second-order valence-electron chi connectivity index (χ2n) is 6.79. The highest BCUT2D eigenvalue weighted by atomic mass is 32.2. The first-order valence-corrected chi connectivity index (χ1v) is 10.5. The van der Waals surface area contributed by atoms with Gasteiger partial charge >= 0.3 is 0 Å². The van der Waals surface area contributed by atoms with Crippen LogP contribution < -0.4 is 10.1 Å². The summed E-state index contributed by atoms with van der Waals surface area (Å²) in [6, 6.07) is 18.6. The number of carbonyl (C=O) groups is 1. The molecule has 6 nitrogen and oxygen atoms in total. The number of aromatic nitrogens is 3. The number of fused-ring (bicyclic) bond motifs is 1. The van der Waals surface area contributed by atoms with Gasteiger partial charge in [-0.3, -0.25) is 9.78 Å². The van der Waals surface area contributed by atoms with E-state index in [9.17, 15) is 4.79 Å². The van der Waals surface area contributed by atoms with Gasteiger partial charge in [-0.1, -0.05) is 18.2 Å². The SMILES string of the molecule is O=C(Nc1cccc(Oc2ccccn2)c1)c1ccn2c1CSC2c1cccnc1. The number of nitrogens with zero attached hydrogens (tertiary/aromatic N) is 3. The summed E-state index contributed by atoms with van der Waals surface area (Å²) in [5.74, 6) is 1.76. The number of rotatable bonds is 5. The number of hydrogen-bond acceptors (Lipinski definition) is 5. The summed E-state index contributed by atoms with van der Waals surface area (Å²) in [6.07, 6.45) is 7.29. The summed E-state index contributed by atoms with van der Waals surface area (Å²) in [7, 11) is 0. The average molecular weight is 414 g/mol. The van der Waals surface area contributed by atoms with Gasteiger partial charge in [0.15, 0.2) is 0 Å². The Balaban J connectivity index is 1.33. The van der Waals surface area contributed by atoms with E-state index in [1.807, 2.05) is 54.9 Å². The minimum Gasteiger partial charge on any atom is -0.439 e. The van der Waals surface area contributed by atoms with Gasteiger partial charge in [-0.2, -0.15) is 0 Å². The number of nitrogens with one attached hydrogen (secondary N) is 1. The zero-order valence-electron chi connectivity index (χ0n) is 15.9. The van der Waals surface area contributed by atoms with Crippen molar-refractivity contribution in [3.8, 4) is 11.6 Å². The molecule has 0 aliphatic carbocycles. The largest absolute Gasteiger partial charge is 0.439 e. The molecule has 1 atom stereocenters. The van der Waals surface area contributed by atoms with Crippen LogP contribution in [0.5, 0.6) is 11.6 Å². The Morgan fingerprint density at radius 2 is 2.07 bits per heavy atom. The standard InChI is InChI=1S/C23H18N4O2S/c28-22(26-17-6-3-7-18(13-17)29-21-8-1-2-11-25-21)19-9-12-27-20(19)15-30-23(27)16-5-4-10-24-14-16/h1-14,23H,15H2,(H,26,28). The highest BCUT2D eigenvalue weighted by Gasteiger charge is 2.28. The number of pyridine rings is 2.